The predicted molar refractivity (Wildman–Crippen MR) is 115 cm³/mol. The number of carbonyl (C=O) groups excluding carboxylic acids is 1. The number of hydrogen-bond donors (Lipinski definition) is 1. The van der Waals surface area contributed by atoms with Crippen molar-refractivity contribution >= 4 is 27.7 Å². The second kappa shape index (κ2) is 9.30. The van der Waals surface area contributed by atoms with Crippen molar-refractivity contribution in [2.24, 2.45) is 0 Å². The highest BCUT2D eigenvalue weighted by Gasteiger charge is 2.34. The van der Waals surface area contributed by atoms with Crippen LogP contribution in [0.2, 0.25) is 0 Å². The van der Waals surface area contributed by atoms with Crippen LogP contribution in [0.25, 0.3) is 0 Å². The zero-order chi connectivity index (χ0) is 20.9. The number of ether oxygens (including phenoxy) is 1. The summed E-state index contributed by atoms with van der Waals surface area (Å²) in [6.07, 6.45) is 1.71. The molecule has 0 unspecified atom stereocenters. The minimum absolute atomic E-state index is 0.122. The summed E-state index contributed by atoms with van der Waals surface area (Å²) in [5, 5.41) is 3.04. The van der Waals surface area contributed by atoms with E-state index in [1.807, 2.05) is 18.2 Å². The number of nitrogens with zero attached hydrogens (tertiary/aromatic N) is 1. The fourth-order valence-corrected chi connectivity index (χ4v) is 5.34. The third-order valence-electron chi connectivity index (χ3n) is 4.95. The van der Waals surface area contributed by atoms with E-state index in [1.54, 1.807) is 23.9 Å². The van der Waals surface area contributed by atoms with Crippen LogP contribution in [0.15, 0.2) is 64.4 Å². The molecule has 1 N–H and O–H groups in total. The standard InChI is InChI=1S/C21H26N2O4S2/c1-23(2)29(25,26)19-10-8-17(9-11-19)20(24)22-16-21(12-14-27-15-13-21)28-18-6-4-3-5-7-18/h3-11H,12-16H2,1-2H3,(H,22,24). The molecule has 0 bridgehead atoms. The summed E-state index contributed by atoms with van der Waals surface area (Å²) in [4.78, 5) is 14.0. The van der Waals surface area contributed by atoms with Gasteiger partial charge in [0, 0.05) is 49.1 Å². The average molecular weight is 435 g/mol. The number of hydrogen-bond acceptors (Lipinski definition) is 5. The summed E-state index contributed by atoms with van der Waals surface area (Å²) < 4.78 is 30.9. The first-order valence-electron chi connectivity index (χ1n) is 9.45. The van der Waals surface area contributed by atoms with Gasteiger partial charge < -0.3 is 10.1 Å². The summed E-state index contributed by atoms with van der Waals surface area (Å²) in [7, 11) is -0.549. The summed E-state index contributed by atoms with van der Waals surface area (Å²) in [5.41, 5.74) is 0.439. The molecular formula is C21H26N2O4S2. The van der Waals surface area contributed by atoms with Gasteiger partial charge in [-0.25, -0.2) is 12.7 Å². The molecule has 0 aromatic heterocycles. The first-order chi connectivity index (χ1) is 13.8. The molecule has 1 aliphatic heterocycles. The Labute approximate surface area is 176 Å². The molecule has 2 aromatic rings. The van der Waals surface area contributed by atoms with Gasteiger partial charge in [0.25, 0.3) is 5.91 Å². The Bertz CT molecular complexity index is 923. The Morgan fingerprint density at radius 2 is 1.69 bits per heavy atom. The molecule has 6 nitrogen and oxygen atoms in total. The highest BCUT2D eigenvalue weighted by Crippen LogP contribution is 2.40. The van der Waals surface area contributed by atoms with E-state index in [9.17, 15) is 13.2 Å². The fraction of sp³-hybridized carbons (Fsp3) is 0.381. The Morgan fingerprint density at radius 3 is 2.28 bits per heavy atom. The maximum Gasteiger partial charge on any atom is 0.251 e. The molecule has 1 saturated heterocycles. The van der Waals surface area contributed by atoms with E-state index in [0.717, 1.165) is 17.1 Å². The van der Waals surface area contributed by atoms with Crippen molar-refractivity contribution < 1.29 is 17.9 Å². The van der Waals surface area contributed by atoms with E-state index in [-0.39, 0.29) is 15.5 Å². The summed E-state index contributed by atoms with van der Waals surface area (Å²) in [6.45, 7) is 1.87. The number of thioether (sulfide) groups is 1. The Hall–Kier alpha value is -1.87. The Kier molecular flexibility index (Phi) is 7.00. The summed E-state index contributed by atoms with van der Waals surface area (Å²) in [5.74, 6) is -0.210. The van der Waals surface area contributed by atoms with E-state index in [2.05, 4.69) is 17.4 Å². The summed E-state index contributed by atoms with van der Waals surface area (Å²) >= 11 is 1.78. The first-order valence-corrected chi connectivity index (χ1v) is 11.7. The first kappa shape index (κ1) is 21.8. The third-order valence-corrected chi connectivity index (χ3v) is 8.27. The quantitative estimate of drug-likeness (QED) is 0.725. The molecule has 0 spiro atoms. The van der Waals surface area contributed by atoms with E-state index >= 15 is 0 Å². The number of nitrogens with one attached hydrogen (secondary N) is 1. The Morgan fingerprint density at radius 1 is 1.07 bits per heavy atom. The normalized spacial score (nSPS) is 16.5. The SMILES string of the molecule is CN(C)S(=O)(=O)c1ccc(C(=O)NCC2(Sc3ccccc3)CCOCC2)cc1. The highest BCUT2D eigenvalue weighted by atomic mass is 32.2. The van der Waals surface area contributed by atoms with Crippen molar-refractivity contribution in [2.75, 3.05) is 33.9 Å². The topological polar surface area (TPSA) is 75.7 Å². The molecule has 2 aromatic carbocycles. The number of benzene rings is 2. The lowest BCUT2D eigenvalue weighted by atomic mass is 9.99. The van der Waals surface area contributed by atoms with Crippen LogP contribution in [0.5, 0.6) is 0 Å². The van der Waals surface area contributed by atoms with Gasteiger partial charge in [-0.15, -0.1) is 11.8 Å². The van der Waals surface area contributed by atoms with Crippen LogP contribution in [0.1, 0.15) is 23.2 Å². The summed E-state index contributed by atoms with van der Waals surface area (Å²) in [6, 6.07) is 16.2. The van der Waals surface area contributed by atoms with Crippen molar-refractivity contribution in [3.8, 4) is 0 Å². The largest absolute Gasteiger partial charge is 0.381 e. The predicted octanol–water partition coefficient (Wildman–Crippen LogP) is 3.01. The van der Waals surface area contributed by atoms with Crippen LogP contribution >= 0.6 is 11.8 Å². The number of carbonyl (C=O) groups is 1. The molecular weight excluding hydrogens is 408 g/mol. The molecule has 0 aliphatic carbocycles. The van der Waals surface area contributed by atoms with Gasteiger partial charge >= 0.3 is 0 Å². The van der Waals surface area contributed by atoms with Crippen LogP contribution < -0.4 is 5.32 Å². The number of sulfonamides is 1. The molecule has 1 fully saturated rings. The third kappa shape index (κ3) is 5.39. The molecule has 1 heterocycles. The Balaban J connectivity index is 1.69. The van der Waals surface area contributed by atoms with Gasteiger partial charge in [-0.2, -0.15) is 0 Å². The number of amides is 1. The average Bonchev–Trinajstić information content (AvgIpc) is 2.73. The fourth-order valence-electron chi connectivity index (χ4n) is 3.13. The van der Waals surface area contributed by atoms with Crippen LogP contribution in [0.4, 0.5) is 0 Å². The van der Waals surface area contributed by atoms with Crippen LogP contribution in [-0.2, 0) is 14.8 Å². The van der Waals surface area contributed by atoms with Crippen molar-refractivity contribution in [3.05, 3.63) is 60.2 Å². The lowest BCUT2D eigenvalue weighted by Crippen LogP contribution is -2.44. The smallest absolute Gasteiger partial charge is 0.251 e. The van der Waals surface area contributed by atoms with Gasteiger partial charge in [0.15, 0.2) is 0 Å². The van der Waals surface area contributed by atoms with E-state index < -0.39 is 10.0 Å². The van der Waals surface area contributed by atoms with Gasteiger partial charge in [0.2, 0.25) is 10.0 Å². The zero-order valence-electron chi connectivity index (χ0n) is 16.6. The minimum atomic E-state index is -3.51. The highest BCUT2D eigenvalue weighted by molar-refractivity contribution is 8.00. The van der Waals surface area contributed by atoms with Crippen molar-refractivity contribution in [2.45, 2.75) is 27.4 Å². The van der Waals surface area contributed by atoms with Gasteiger partial charge in [-0.3, -0.25) is 4.79 Å². The molecule has 1 aliphatic rings. The van der Waals surface area contributed by atoms with E-state index in [0.29, 0.717) is 25.3 Å². The maximum absolute atomic E-state index is 12.7. The molecule has 0 radical (unpaired) electrons. The van der Waals surface area contributed by atoms with Crippen LogP contribution in [-0.4, -0.2) is 57.2 Å². The van der Waals surface area contributed by atoms with Gasteiger partial charge in [0.1, 0.15) is 0 Å². The van der Waals surface area contributed by atoms with E-state index in [1.165, 1.54) is 31.1 Å². The van der Waals surface area contributed by atoms with E-state index in [4.69, 9.17) is 4.74 Å². The molecule has 156 valence electrons. The van der Waals surface area contributed by atoms with Gasteiger partial charge in [-0.1, -0.05) is 18.2 Å². The monoisotopic (exact) mass is 434 g/mol. The molecule has 3 rings (SSSR count). The van der Waals surface area contributed by atoms with Crippen molar-refractivity contribution in [1.82, 2.24) is 9.62 Å². The molecule has 29 heavy (non-hydrogen) atoms. The van der Waals surface area contributed by atoms with Gasteiger partial charge in [0.05, 0.1) is 4.90 Å². The zero-order valence-corrected chi connectivity index (χ0v) is 18.3. The molecule has 0 atom stereocenters. The minimum Gasteiger partial charge on any atom is -0.381 e. The maximum atomic E-state index is 12.7. The second-order valence-electron chi connectivity index (χ2n) is 7.20. The van der Waals surface area contributed by atoms with Gasteiger partial charge in [-0.05, 0) is 49.2 Å². The van der Waals surface area contributed by atoms with Crippen LogP contribution in [0, 0.1) is 0 Å². The second-order valence-corrected chi connectivity index (χ2v) is 10.9. The lowest BCUT2D eigenvalue weighted by Gasteiger charge is -2.36. The van der Waals surface area contributed by atoms with Crippen molar-refractivity contribution in [1.29, 1.82) is 0 Å². The lowest BCUT2D eigenvalue weighted by molar-refractivity contribution is 0.0741. The van der Waals surface area contributed by atoms with Crippen molar-refractivity contribution in [3.63, 3.8) is 0 Å². The molecule has 0 saturated carbocycles. The molecule has 1 amide bonds. The molecule has 8 heteroatoms. The van der Waals surface area contributed by atoms with Crippen LogP contribution in [0.3, 0.4) is 0 Å². The number of rotatable bonds is 7.